The normalized spacial score (nSPS) is 33.0. The van der Waals surface area contributed by atoms with Crippen molar-refractivity contribution in [2.45, 2.75) is 29.0 Å². The number of thioether (sulfide) groups is 1. The Morgan fingerprint density at radius 2 is 2.06 bits per heavy atom. The highest BCUT2D eigenvalue weighted by atomic mass is 32.2. The van der Waals surface area contributed by atoms with Gasteiger partial charge in [-0.1, -0.05) is 18.2 Å². The van der Waals surface area contributed by atoms with Crippen LogP contribution in [0, 0.1) is 0 Å². The maximum absolute atomic E-state index is 11.6. The average molecular weight is 236 g/mol. The van der Waals surface area contributed by atoms with E-state index < -0.39 is 6.29 Å². The predicted octanol–water partition coefficient (Wildman–Crippen LogP) is 1.86. The second-order valence-electron chi connectivity index (χ2n) is 3.98. The number of benzene rings is 1. The highest BCUT2D eigenvalue weighted by Gasteiger charge is 2.43. The molecule has 0 radical (unpaired) electrons. The number of fused-ring (bicyclic) bond motifs is 2. The molecule has 2 fully saturated rings. The molecule has 0 aliphatic carbocycles. The van der Waals surface area contributed by atoms with E-state index in [1.54, 1.807) is 11.8 Å². The molecule has 16 heavy (non-hydrogen) atoms. The lowest BCUT2D eigenvalue weighted by Crippen LogP contribution is -2.37. The zero-order valence-corrected chi connectivity index (χ0v) is 9.48. The van der Waals surface area contributed by atoms with Crippen LogP contribution in [0.3, 0.4) is 0 Å². The van der Waals surface area contributed by atoms with Gasteiger partial charge in [-0.3, -0.25) is 4.79 Å². The van der Waals surface area contributed by atoms with Gasteiger partial charge in [-0.05, 0) is 12.1 Å². The lowest BCUT2D eigenvalue weighted by atomic mass is 10.1. The zero-order chi connectivity index (χ0) is 11.0. The Labute approximate surface area is 98.1 Å². The monoisotopic (exact) mass is 236 g/mol. The first-order valence-electron chi connectivity index (χ1n) is 5.34. The van der Waals surface area contributed by atoms with E-state index in [9.17, 15) is 4.79 Å². The molecule has 0 unspecified atom stereocenters. The summed E-state index contributed by atoms with van der Waals surface area (Å²) in [4.78, 5) is 12.8. The van der Waals surface area contributed by atoms with Gasteiger partial charge >= 0.3 is 0 Å². The Kier molecular flexibility index (Phi) is 2.71. The van der Waals surface area contributed by atoms with Crippen molar-refractivity contribution in [1.29, 1.82) is 0 Å². The molecule has 0 aromatic heterocycles. The largest absolute Gasteiger partial charge is 0.343 e. The van der Waals surface area contributed by atoms with Crippen LogP contribution in [0.4, 0.5) is 0 Å². The molecular weight excluding hydrogens is 224 g/mol. The minimum Gasteiger partial charge on any atom is -0.343 e. The predicted molar refractivity (Wildman–Crippen MR) is 60.3 cm³/mol. The first kappa shape index (κ1) is 10.3. The molecule has 2 saturated heterocycles. The number of carbonyl (C=O) groups excluding carboxylic acids is 1. The summed E-state index contributed by atoms with van der Waals surface area (Å²) in [7, 11) is 0. The van der Waals surface area contributed by atoms with Gasteiger partial charge in [0.25, 0.3) is 0 Å². The summed E-state index contributed by atoms with van der Waals surface area (Å²) in [5, 5.41) is 0.189. The van der Waals surface area contributed by atoms with Gasteiger partial charge in [-0.25, -0.2) is 0 Å². The van der Waals surface area contributed by atoms with Crippen LogP contribution in [0.2, 0.25) is 0 Å². The summed E-state index contributed by atoms with van der Waals surface area (Å²) in [6.07, 6.45) is 0.0278. The molecule has 4 heteroatoms. The Balaban J connectivity index is 1.73. The van der Waals surface area contributed by atoms with E-state index in [-0.39, 0.29) is 17.1 Å². The quantitative estimate of drug-likeness (QED) is 0.785. The third-order valence-electron chi connectivity index (χ3n) is 2.82. The first-order chi connectivity index (χ1) is 7.83. The summed E-state index contributed by atoms with van der Waals surface area (Å²) < 4.78 is 10.8. The summed E-state index contributed by atoms with van der Waals surface area (Å²) >= 11 is 1.70. The molecule has 0 spiro atoms. The van der Waals surface area contributed by atoms with Crippen LogP contribution in [-0.2, 0) is 14.3 Å². The first-order valence-corrected chi connectivity index (χ1v) is 6.22. The highest BCUT2D eigenvalue weighted by Crippen LogP contribution is 2.36. The molecule has 3 atom stereocenters. The molecule has 0 N–H and O–H groups in total. The number of hydrogen-bond acceptors (Lipinski definition) is 4. The van der Waals surface area contributed by atoms with E-state index in [1.165, 1.54) is 4.90 Å². The molecule has 2 aliphatic rings. The van der Waals surface area contributed by atoms with Crippen LogP contribution >= 0.6 is 11.8 Å². The molecule has 3 rings (SSSR count). The third kappa shape index (κ3) is 1.88. The minimum absolute atomic E-state index is 0.0629. The van der Waals surface area contributed by atoms with Crippen LogP contribution in [0.5, 0.6) is 0 Å². The Morgan fingerprint density at radius 3 is 2.88 bits per heavy atom. The van der Waals surface area contributed by atoms with E-state index in [1.807, 2.05) is 18.2 Å². The van der Waals surface area contributed by atoms with Gasteiger partial charge in [0.15, 0.2) is 5.78 Å². The highest BCUT2D eigenvalue weighted by molar-refractivity contribution is 8.00. The van der Waals surface area contributed by atoms with Crippen molar-refractivity contribution < 1.29 is 14.3 Å². The van der Waals surface area contributed by atoms with Crippen molar-refractivity contribution in [3.63, 3.8) is 0 Å². The topological polar surface area (TPSA) is 35.5 Å². The molecule has 2 aliphatic heterocycles. The van der Waals surface area contributed by atoms with Crippen molar-refractivity contribution in [1.82, 2.24) is 0 Å². The van der Waals surface area contributed by atoms with Gasteiger partial charge in [0.2, 0.25) is 6.29 Å². The van der Waals surface area contributed by atoms with Crippen LogP contribution in [0.25, 0.3) is 0 Å². The van der Waals surface area contributed by atoms with E-state index in [2.05, 4.69) is 12.1 Å². The summed E-state index contributed by atoms with van der Waals surface area (Å²) in [5.74, 6) is 0.0715. The molecule has 0 amide bonds. The third-order valence-corrected chi connectivity index (χ3v) is 4.14. The summed E-state index contributed by atoms with van der Waals surface area (Å²) in [6.45, 7) is 0.543. The standard InChI is InChI=1S/C12H12O3S/c13-9-6-11(10-7-14-12(9)15-10)16-8-4-2-1-3-5-8/h1-5,10-12H,6-7H2/t10-,11+,12-/m0/s1. The molecular formula is C12H12O3S. The van der Waals surface area contributed by atoms with Crippen LogP contribution < -0.4 is 0 Å². The smallest absolute Gasteiger partial charge is 0.218 e. The molecule has 1 aromatic rings. The number of Topliss-reactive ketones (excluding diaryl/α,β-unsaturated/α-hetero) is 1. The van der Waals surface area contributed by atoms with Crippen molar-refractivity contribution in [3.8, 4) is 0 Å². The molecule has 2 bridgehead atoms. The fraction of sp³-hybridized carbons (Fsp3) is 0.417. The van der Waals surface area contributed by atoms with Crippen LogP contribution in [0.15, 0.2) is 35.2 Å². The molecule has 2 heterocycles. The second-order valence-corrected chi connectivity index (χ2v) is 5.29. The van der Waals surface area contributed by atoms with Gasteiger partial charge < -0.3 is 9.47 Å². The van der Waals surface area contributed by atoms with Gasteiger partial charge in [0, 0.05) is 16.6 Å². The number of hydrogen-bond donors (Lipinski definition) is 0. The molecule has 84 valence electrons. The van der Waals surface area contributed by atoms with Crippen molar-refractivity contribution in [3.05, 3.63) is 30.3 Å². The molecule has 1 aromatic carbocycles. The van der Waals surface area contributed by atoms with Gasteiger partial charge in [-0.15, -0.1) is 11.8 Å². The average Bonchev–Trinajstić information content (AvgIpc) is 2.73. The maximum atomic E-state index is 11.6. The number of ketones is 1. The maximum Gasteiger partial charge on any atom is 0.218 e. The van der Waals surface area contributed by atoms with Gasteiger partial charge in [0.1, 0.15) is 0 Å². The summed E-state index contributed by atoms with van der Waals surface area (Å²) in [6, 6.07) is 10.1. The second kappa shape index (κ2) is 4.20. The van der Waals surface area contributed by atoms with Crippen LogP contribution in [-0.4, -0.2) is 30.0 Å². The minimum atomic E-state index is -0.586. The van der Waals surface area contributed by atoms with E-state index in [0.717, 1.165) is 0 Å². The Hall–Kier alpha value is -0.840. The number of carbonyl (C=O) groups is 1. The van der Waals surface area contributed by atoms with Crippen molar-refractivity contribution in [2.75, 3.05) is 6.61 Å². The van der Waals surface area contributed by atoms with Gasteiger partial charge in [-0.2, -0.15) is 0 Å². The molecule has 0 saturated carbocycles. The zero-order valence-electron chi connectivity index (χ0n) is 8.67. The lowest BCUT2D eigenvalue weighted by molar-refractivity contribution is -0.151. The van der Waals surface area contributed by atoms with E-state index in [0.29, 0.717) is 13.0 Å². The molecule has 3 nitrogen and oxygen atoms in total. The Bertz CT molecular complexity index is 393. The van der Waals surface area contributed by atoms with E-state index >= 15 is 0 Å². The van der Waals surface area contributed by atoms with E-state index in [4.69, 9.17) is 9.47 Å². The summed E-state index contributed by atoms with van der Waals surface area (Å²) in [5.41, 5.74) is 0. The number of rotatable bonds is 2. The number of ether oxygens (including phenoxy) is 2. The van der Waals surface area contributed by atoms with Crippen molar-refractivity contribution in [2.24, 2.45) is 0 Å². The Morgan fingerprint density at radius 1 is 1.25 bits per heavy atom. The fourth-order valence-electron chi connectivity index (χ4n) is 2.00. The fourth-order valence-corrected chi connectivity index (χ4v) is 3.21. The van der Waals surface area contributed by atoms with Crippen molar-refractivity contribution >= 4 is 17.5 Å². The van der Waals surface area contributed by atoms with Gasteiger partial charge in [0.05, 0.1) is 12.7 Å². The lowest BCUT2D eigenvalue weighted by Gasteiger charge is -2.25. The SMILES string of the molecule is O=C1C[C@@H](Sc2ccccc2)[C@@H]2CO[C@H]1O2. The van der Waals surface area contributed by atoms with Crippen LogP contribution in [0.1, 0.15) is 6.42 Å².